The average Bonchev–Trinajstić information content (AvgIpc) is 2.39. The summed E-state index contributed by atoms with van der Waals surface area (Å²) in [6.07, 6.45) is -0.206. The van der Waals surface area contributed by atoms with Gasteiger partial charge in [0.05, 0.1) is 12.2 Å². The number of ether oxygens (including phenoxy) is 3. The first-order valence-electron chi connectivity index (χ1n) is 4.67. The summed E-state index contributed by atoms with van der Waals surface area (Å²) in [5, 5.41) is 9.30. The third-order valence-corrected chi connectivity index (χ3v) is 2.45. The van der Waals surface area contributed by atoms with E-state index in [9.17, 15) is 5.11 Å². The molecule has 0 aromatic rings. The fourth-order valence-electron chi connectivity index (χ4n) is 1.85. The van der Waals surface area contributed by atoms with Crippen LogP contribution >= 0.6 is 0 Å². The van der Waals surface area contributed by atoms with E-state index in [-0.39, 0.29) is 18.5 Å². The minimum absolute atomic E-state index is 0.0189. The predicted molar refractivity (Wildman–Crippen MR) is 45.0 cm³/mol. The zero-order valence-corrected chi connectivity index (χ0v) is 8.19. The first kappa shape index (κ1) is 9.40. The molecule has 2 fully saturated rings. The summed E-state index contributed by atoms with van der Waals surface area (Å²) in [7, 11) is 0. The Morgan fingerprint density at radius 1 is 1.38 bits per heavy atom. The van der Waals surface area contributed by atoms with Crippen LogP contribution in [0.4, 0.5) is 0 Å². The Morgan fingerprint density at radius 3 is 2.62 bits per heavy atom. The molecule has 2 rings (SSSR count). The van der Waals surface area contributed by atoms with Gasteiger partial charge >= 0.3 is 0 Å². The number of aliphatic hydroxyl groups excluding tert-OH is 1. The van der Waals surface area contributed by atoms with Gasteiger partial charge in [-0.15, -0.1) is 0 Å². The van der Waals surface area contributed by atoms with Crippen molar-refractivity contribution in [1.82, 2.24) is 0 Å². The second kappa shape index (κ2) is 2.92. The van der Waals surface area contributed by atoms with Gasteiger partial charge in [0, 0.05) is 6.42 Å². The lowest BCUT2D eigenvalue weighted by Crippen LogP contribution is -2.28. The lowest BCUT2D eigenvalue weighted by atomic mass is 10.1. The molecule has 0 bridgehead atoms. The van der Waals surface area contributed by atoms with Crippen molar-refractivity contribution in [2.75, 3.05) is 0 Å². The molecule has 0 radical (unpaired) electrons. The highest BCUT2D eigenvalue weighted by atomic mass is 16.8. The first-order valence-corrected chi connectivity index (χ1v) is 4.67. The summed E-state index contributed by atoms with van der Waals surface area (Å²) in [5.41, 5.74) is 0. The fraction of sp³-hybridized carbons (Fsp3) is 1.00. The van der Waals surface area contributed by atoms with E-state index in [0.29, 0.717) is 6.42 Å². The molecule has 4 atom stereocenters. The first-order chi connectivity index (χ1) is 5.98. The number of hydrogen-bond donors (Lipinski definition) is 1. The van der Waals surface area contributed by atoms with Gasteiger partial charge in [-0.2, -0.15) is 0 Å². The number of rotatable bonds is 1. The van der Waals surface area contributed by atoms with Crippen molar-refractivity contribution in [2.24, 2.45) is 0 Å². The van der Waals surface area contributed by atoms with Crippen LogP contribution < -0.4 is 0 Å². The minimum atomic E-state index is -0.543. The smallest absolute Gasteiger partial charge is 0.187 e. The maximum Gasteiger partial charge on any atom is 0.187 e. The number of aliphatic hydroxyl groups is 1. The SMILES string of the molecule is CC(O)[C@@H]1C[C@@H]2OC(C)(C)O[C@@H]2O1. The normalized spacial score (nSPS) is 44.8. The summed E-state index contributed by atoms with van der Waals surface area (Å²) >= 11 is 0. The Labute approximate surface area is 77.8 Å². The van der Waals surface area contributed by atoms with Crippen molar-refractivity contribution in [3.05, 3.63) is 0 Å². The van der Waals surface area contributed by atoms with Crippen LogP contribution in [0.2, 0.25) is 0 Å². The summed E-state index contributed by atoms with van der Waals surface area (Å²) < 4.78 is 16.6. The molecule has 1 unspecified atom stereocenters. The van der Waals surface area contributed by atoms with Gasteiger partial charge in [0.15, 0.2) is 12.1 Å². The maximum atomic E-state index is 9.30. The van der Waals surface area contributed by atoms with Crippen LogP contribution in [0.3, 0.4) is 0 Å². The van der Waals surface area contributed by atoms with Crippen LogP contribution in [0.5, 0.6) is 0 Å². The molecule has 0 saturated carbocycles. The lowest BCUT2D eigenvalue weighted by Gasteiger charge is -2.21. The molecule has 0 aromatic carbocycles. The molecule has 2 heterocycles. The third-order valence-electron chi connectivity index (χ3n) is 2.45. The molecule has 0 amide bonds. The van der Waals surface area contributed by atoms with Gasteiger partial charge < -0.3 is 19.3 Å². The van der Waals surface area contributed by atoms with Crippen molar-refractivity contribution < 1.29 is 19.3 Å². The van der Waals surface area contributed by atoms with E-state index in [0.717, 1.165) is 0 Å². The van der Waals surface area contributed by atoms with Crippen molar-refractivity contribution in [1.29, 1.82) is 0 Å². The van der Waals surface area contributed by atoms with Crippen molar-refractivity contribution in [2.45, 2.75) is 57.6 Å². The Hall–Kier alpha value is -0.160. The van der Waals surface area contributed by atoms with E-state index in [1.165, 1.54) is 0 Å². The molecule has 0 spiro atoms. The highest BCUT2D eigenvalue weighted by Gasteiger charge is 2.49. The molecule has 76 valence electrons. The molecule has 4 nitrogen and oxygen atoms in total. The van der Waals surface area contributed by atoms with Crippen LogP contribution in [0, 0.1) is 0 Å². The monoisotopic (exact) mass is 188 g/mol. The molecule has 0 aliphatic carbocycles. The van der Waals surface area contributed by atoms with Crippen molar-refractivity contribution >= 4 is 0 Å². The van der Waals surface area contributed by atoms with Gasteiger partial charge in [-0.05, 0) is 20.8 Å². The lowest BCUT2D eigenvalue weighted by molar-refractivity contribution is -0.212. The molecule has 2 aliphatic rings. The molecule has 0 aromatic heterocycles. The van der Waals surface area contributed by atoms with Gasteiger partial charge in [0.1, 0.15) is 6.10 Å². The minimum Gasteiger partial charge on any atom is -0.391 e. The quantitative estimate of drug-likeness (QED) is 0.655. The van der Waals surface area contributed by atoms with Gasteiger partial charge in [0.25, 0.3) is 0 Å². The molecule has 4 heteroatoms. The van der Waals surface area contributed by atoms with E-state index in [4.69, 9.17) is 14.2 Å². The van der Waals surface area contributed by atoms with Crippen molar-refractivity contribution in [3.8, 4) is 0 Å². The average molecular weight is 188 g/mol. The number of fused-ring (bicyclic) bond motifs is 1. The van der Waals surface area contributed by atoms with E-state index in [1.807, 2.05) is 13.8 Å². The molecule has 2 aliphatic heterocycles. The summed E-state index contributed by atoms with van der Waals surface area (Å²) in [5.74, 6) is -0.543. The maximum absolute atomic E-state index is 9.30. The van der Waals surface area contributed by atoms with E-state index in [1.54, 1.807) is 6.92 Å². The Bertz CT molecular complexity index is 186. The van der Waals surface area contributed by atoms with Crippen LogP contribution in [-0.4, -0.2) is 35.5 Å². The second-order valence-corrected chi connectivity index (χ2v) is 4.19. The van der Waals surface area contributed by atoms with Gasteiger partial charge in [-0.3, -0.25) is 0 Å². The Morgan fingerprint density at radius 2 is 2.08 bits per heavy atom. The van der Waals surface area contributed by atoms with E-state index >= 15 is 0 Å². The Balaban J connectivity index is 1.97. The van der Waals surface area contributed by atoms with E-state index < -0.39 is 11.9 Å². The topological polar surface area (TPSA) is 47.9 Å². The summed E-state index contributed by atoms with van der Waals surface area (Å²) in [4.78, 5) is 0. The Kier molecular flexibility index (Phi) is 2.11. The van der Waals surface area contributed by atoms with Gasteiger partial charge in [0.2, 0.25) is 0 Å². The summed E-state index contributed by atoms with van der Waals surface area (Å²) in [6.45, 7) is 5.45. The molecular formula is C9H16O4. The fourth-order valence-corrected chi connectivity index (χ4v) is 1.85. The highest BCUT2D eigenvalue weighted by molar-refractivity contribution is 4.86. The zero-order valence-electron chi connectivity index (χ0n) is 8.19. The van der Waals surface area contributed by atoms with Crippen LogP contribution in [0.15, 0.2) is 0 Å². The van der Waals surface area contributed by atoms with Crippen molar-refractivity contribution in [3.63, 3.8) is 0 Å². The van der Waals surface area contributed by atoms with Gasteiger partial charge in [-0.1, -0.05) is 0 Å². The predicted octanol–water partition coefficient (Wildman–Crippen LogP) is 0.634. The molecule has 2 saturated heterocycles. The zero-order chi connectivity index (χ0) is 9.64. The van der Waals surface area contributed by atoms with Crippen LogP contribution in [0.25, 0.3) is 0 Å². The highest BCUT2D eigenvalue weighted by Crippen LogP contribution is 2.37. The van der Waals surface area contributed by atoms with Crippen LogP contribution in [-0.2, 0) is 14.2 Å². The largest absolute Gasteiger partial charge is 0.391 e. The molecule has 13 heavy (non-hydrogen) atoms. The molecule has 1 N–H and O–H groups in total. The summed E-state index contributed by atoms with van der Waals surface area (Å²) in [6, 6.07) is 0. The number of hydrogen-bond acceptors (Lipinski definition) is 4. The standard InChI is InChI=1S/C9H16O4/c1-5(10)6-4-7-8(11-6)13-9(2,3)12-7/h5-8,10H,4H2,1-3H3/t5?,6-,7-,8-/m0/s1. The van der Waals surface area contributed by atoms with Gasteiger partial charge in [-0.25, -0.2) is 0 Å². The van der Waals surface area contributed by atoms with E-state index in [2.05, 4.69) is 0 Å². The molecular weight excluding hydrogens is 172 g/mol. The van der Waals surface area contributed by atoms with Crippen LogP contribution in [0.1, 0.15) is 27.2 Å². The second-order valence-electron chi connectivity index (χ2n) is 4.19. The third kappa shape index (κ3) is 1.72.